The summed E-state index contributed by atoms with van der Waals surface area (Å²) in [5.74, 6) is 0.704. The van der Waals surface area contributed by atoms with Gasteiger partial charge in [0, 0.05) is 33.4 Å². The molecule has 2 N–H and O–H groups in total. The second kappa shape index (κ2) is 7.77. The number of aromatic nitrogens is 2. The normalized spacial score (nSPS) is 13.8. The van der Waals surface area contributed by atoms with Crippen LogP contribution in [0.1, 0.15) is 18.4 Å². The van der Waals surface area contributed by atoms with Gasteiger partial charge in [-0.1, -0.05) is 66.2 Å². The van der Waals surface area contributed by atoms with E-state index in [9.17, 15) is 0 Å². The Morgan fingerprint density at radius 2 is 1.70 bits per heavy atom. The zero-order valence-electron chi connectivity index (χ0n) is 16.3. The van der Waals surface area contributed by atoms with Crippen LogP contribution in [0.3, 0.4) is 0 Å². The molecule has 5 rings (SSSR count). The lowest BCUT2D eigenvalue weighted by Gasteiger charge is -2.15. The lowest BCUT2D eigenvalue weighted by molar-refractivity contribution is 1.02. The molecule has 0 atom stereocenters. The highest BCUT2D eigenvalue weighted by Gasteiger charge is 2.15. The van der Waals surface area contributed by atoms with Crippen LogP contribution in [0.4, 0.5) is 5.69 Å². The second-order valence-corrected chi connectivity index (χ2v) is 7.86. The van der Waals surface area contributed by atoms with Gasteiger partial charge in [0.25, 0.3) is 0 Å². The van der Waals surface area contributed by atoms with E-state index in [0.29, 0.717) is 5.82 Å². The number of benzene rings is 3. The number of nitrogens with zero attached hydrogens (tertiary/aromatic N) is 2. The molecule has 1 aromatic heterocycles. The molecule has 0 saturated heterocycles. The minimum Gasteiger partial charge on any atom is -0.399 e. The van der Waals surface area contributed by atoms with E-state index in [-0.39, 0.29) is 0 Å². The van der Waals surface area contributed by atoms with Crippen molar-refractivity contribution in [2.45, 2.75) is 12.8 Å². The highest BCUT2D eigenvalue weighted by Crippen LogP contribution is 2.36. The zero-order chi connectivity index (χ0) is 20.5. The van der Waals surface area contributed by atoms with Gasteiger partial charge in [-0.25, -0.2) is 9.97 Å². The Morgan fingerprint density at radius 1 is 0.867 bits per heavy atom. The molecule has 0 unspecified atom stereocenters. The van der Waals surface area contributed by atoms with Gasteiger partial charge >= 0.3 is 0 Å². The molecule has 1 heterocycles. The van der Waals surface area contributed by atoms with Crippen LogP contribution in [0.2, 0.25) is 0 Å². The number of fused-ring (bicyclic) bond motifs is 1. The smallest absolute Gasteiger partial charge is 0.159 e. The first-order valence-corrected chi connectivity index (χ1v) is 10.3. The van der Waals surface area contributed by atoms with Crippen molar-refractivity contribution < 1.29 is 0 Å². The van der Waals surface area contributed by atoms with Crippen molar-refractivity contribution in [2.75, 3.05) is 5.73 Å². The predicted octanol–water partition coefficient (Wildman–Crippen LogP) is 6.85. The SMILES string of the molecule is Nc1cccc(-c2cc(C3=C(Cl)CCC=C3)cc3cnc(-c4ccccc4)nc23)c1. The van der Waals surface area contributed by atoms with Crippen LogP contribution in [-0.2, 0) is 0 Å². The average molecular weight is 410 g/mol. The van der Waals surface area contributed by atoms with E-state index in [1.165, 1.54) is 0 Å². The van der Waals surface area contributed by atoms with E-state index in [0.717, 1.165) is 62.3 Å². The fourth-order valence-corrected chi connectivity index (χ4v) is 4.12. The standard InChI is InChI=1S/C26H20ClN3/c27-24-12-5-4-11-22(24)19-13-20-16-29-26(17-7-2-1-3-8-17)30-25(20)23(15-19)18-9-6-10-21(28)14-18/h1-4,6-11,13-16H,5,12,28H2. The van der Waals surface area contributed by atoms with Crippen molar-refractivity contribution in [1.29, 1.82) is 0 Å². The van der Waals surface area contributed by atoms with Crippen molar-refractivity contribution >= 4 is 33.8 Å². The van der Waals surface area contributed by atoms with Crippen LogP contribution >= 0.6 is 11.6 Å². The van der Waals surface area contributed by atoms with Crippen LogP contribution in [0.25, 0.3) is 39.0 Å². The van der Waals surface area contributed by atoms with Crippen molar-refractivity contribution in [1.82, 2.24) is 9.97 Å². The third kappa shape index (κ3) is 3.49. The molecule has 1 aliphatic rings. The number of nitrogen functional groups attached to an aromatic ring is 1. The van der Waals surface area contributed by atoms with Crippen LogP contribution in [0.5, 0.6) is 0 Å². The lowest BCUT2D eigenvalue weighted by atomic mass is 9.93. The van der Waals surface area contributed by atoms with Crippen LogP contribution in [0, 0.1) is 0 Å². The topological polar surface area (TPSA) is 51.8 Å². The van der Waals surface area contributed by atoms with Gasteiger partial charge in [-0.2, -0.15) is 0 Å². The second-order valence-electron chi connectivity index (χ2n) is 7.41. The summed E-state index contributed by atoms with van der Waals surface area (Å²) >= 11 is 6.57. The van der Waals surface area contributed by atoms with E-state index in [2.05, 4.69) is 35.3 Å². The molecule has 0 fully saturated rings. The molecule has 0 bridgehead atoms. The van der Waals surface area contributed by atoms with E-state index in [1.807, 2.05) is 54.7 Å². The molecule has 1 aliphatic carbocycles. The minimum atomic E-state index is 0.704. The van der Waals surface area contributed by atoms with E-state index >= 15 is 0 Å². The molecule has 0 aliphatic heterocycles. The first-order chi connectivity index (χ1) is 14.7. The number of hydrogen-bond acceptors (Lipinski definition) is 3. The largest absolute Gasteiger partial charge is 0.399 e. The Kier molecular flexibility index (Phi) is 4.82. The summed E-state index contributed by atoms with van der Waals surface area (Å²) in [5, 5.41) is 1.86. The summed E-state index contributed by atoms with van der Waals surface area (Å²) in [6.45, 7) is 0. The van der Waals surface area contributed by atoms with Gasteiger partial charge in [0.2, 0.25) is 0 Å². The third-order valence-electron chi connectivity index (χ3n) is 5.33. The van der Waals surface area contributed by atoms with Gasteiger partial charge in [0.1, 0.15) is 0 Å². The minimum absolute atomic E-state index is 0.704. The highest BCUT2D eigenvalue weighted by molar-refractivity contribution is 6.33. The first kappa shape index (κ1) is 18.6. The number of nitrogens with two attached hydrogens (primary N) is 1. The van der Waals surface area contributed by atoms with E-state index < -0.39 is 0 Å². The average Bonchev–Trinajstić information content (AvgIpc) is 2.79. The number of allylic oxidation sites excluding steroid dienone is 4. The summed E-state index contributed by atoms with van der Waals surface area (Å²) < 4.78 is 0. The monoisotopic (exact) mass is 409 g/mol. The molecular weight excluding hydrogens is 390 g/mol. The van der Waals surface area contributed by atoms with Gasteiger partial charge in [-0.05, 0) is 53.8 Å². The zero-order valence-corrected chi connectivity index (χ0v) is 17.1. The molecule has 0 radical (unpaired) electrons. The van der Waals surface area contributed by atoms with Crippen LogP contribution in [-0.4, -0.2) is 9.97 Å². The Bertz CT molecular complexity index is 1310. The Balaban J connectivity index is 1.78. The molecule has 3 aromatic carbocycles. The molecule has 4 heteroatoms. The molecule has 4 aromatic rings. The Morgan fingerprint density at radius 3 is 2.50 bits per heavy atom. The summed E-state index contributed by atoms with van der Waals surface area (Å²) in [6, 6.07) is 22.2. The summed E-state index contributed by atoms with van der Waals surface area (Å²) in [6.07, 6.45) is 8.00. The van der Waals surface area contributed by atoms with Gasteiger partial charge in [0.05, 0.1) is 5.52 Å². The molecular formula is C26H20ClN3. The van der Waals surface area contributed by atoms with Crippen molar-refractivity contribution in [3.05, 3.63) is 95.7 Å². The van der Waals surface area contributed by atoms with Crippen molar-refractivity contribution in [3.63, 3.8) is 0 Å². The lowest BCUT2D eigenvalue weighted by Crippen LogP contribution is -1.96. The Labute approximate surface area is 180 Å². The highest BCUT2D eigenvalue weighted by atomic mass is 35.5. The van der Waals surface area contributed by atoms with E-state index in [4.69, 9.17) is 22.3 Å². The summed E-state index contributed by atoms with van der Waals surface area (Å²) in [4.78, 5) is 9.57. The maximum Gasteiger partial charge on any atom is 0.159 e. The van der Waals surface area contributed by atoms with Gasteiger partial charge in [-0.15, -0.1) is 0 Å². The molecule has 0 amide bonds. The number of anilines is 1. The van der Waals surface area contributed by atoms with Gasteiger partial charge in [0.15, 0.2) is 5.82 Å². The maximum absolute atomic E-state index is 6.57. The fraction of sp³-hybridized carbons (Fsp3) is 0.0769. The third-order valence-corrected chi connectivity index (χ3v) is 5.72. The quantitative estimate of drug-likeness (QED) is 0.376. The van der Waals surface area contributed by atoms with Crippen LogP contribution in [0.15, 0.2) is 90.1 Å². The Hall–Kier alpha value is -3.43. The van der Waals surface area contributed by atoms with Gasteiger partial charge < -0.3 is 5.73 Å². The van der Waals surface area contributed by atoms with E-state index in [1.54, 1.807) is 0 Å². The predicted molar refractivity (Wildman–Crippen MR) is 126 cm³/mol. The number of halogens is 1. The summed E-state index contributed by atoms with van der Waals surface area (Å²) in [7, 11) is 0. The fourth-order valence-electron chi connectivity index (χ4n) is 3.84. The van der Waals surface area contributed by atoms with Crippen molar-refractivity contribution in [2.24, 2.45) is 0 Å². The molecule has 30 heavy (non-hydrogen) atoms. The first-order valence-electron chi connectivity index (χ1n) is 9.97. The molecule has 3 nitrogen and oxygen atoms in total. The molecule has 0 spiro atoms. The molecule has 146 valence electrons. The van der Waals surface area contributed by atoms with Gasteiger partial charge in [-0.3, -0.25) is 0 Å². The molecule has 0 saturated carbocycles. The number of hydrogen-bond donors (Lipinski definition) is 1. The van der Waals surface area contributed by atoms with Crippen LogP contribution < -0.4 is 5.73 Å². The van der Waals surface area contributed by atoms with Crippen molar-refractivity contribution in [3.8, 4) is 22.5 Å². The summed E-state index contributed by atoms with van der Waals surface area (Å²) in [5.41, 5.74) is 12.9. The maximum atomic E-state index is 6.57. The number of rotatable bonds is 3.